The van der Waals surface area contributed by atoms with Gasteiger partial charge in [-0.15, -0.1) is 0 Å². The molecule has 0 heterocycles. The van der Waals surface area contributed by atoms with Gasteiger partial charge in [0.2, 0.25) is 0 Å². The average Bonchev–Trinajstić information content (AvgIpc) is 1.98. The van der Waals surface area contributed by atoms with Crippen LogP contribution in [0.4, 0.5) is 0 Å². The quantitative estimate of drug-likeness (QED) is 0.600. The topological polar surface area (TPSA) is 41.6 Å². The molecule has 0 aromatic heterocycles. The van der Waals surface area contributed by atoms with Crippen LogP contribution in [-0.2, 0) is 9.53 Å². The van der Waals surface area contributed by atoms with Crippen LogP contribution in [0.2, 0.25) is 0 Å². The Morgan fingerprint density at radius 3 is 2.62 bits per heavy atom. The van der Waals surface area contributed by atoms with Gasteiger partial charge in [-0.05, 0) is 27.9 Å². The van der Waals surface area contributed by atoms with E-state index < -0.39 is 0 Å². The summed E-state index contributed by atoms with van der Waals surface area (Å²) in [7, 11) is 3.79. The first kappa shape index (κ1) is 12.4. The van der Waals surface area contributed by atoms with E-state index in [0.29, 0.717) is 6.54 Å². The second-order valence-corrected chi connectivity index (χ2v) is 3.38. The monoisotopic (exact) mass is 188 g/mol. The predicted octanol–water partition coefficient (Wildman–Crippen LogP) is 0.0892. The van der Waals surface area contributed by atoms with Crippen molar-refractivity contribution in [2.24, 2.45) is 0 Å². The third-order valence-corrected chi connectivity index (χ3v) is 1.51. The summed E-state index contributed by atoms with van der Waals surface area (Å²) in [6, 6.07) is 0. The van der Waals surface area contributed by atoms with Crippen LogP contribution in [0.25, 0.3) is 0 Å². The number of rotatable bonds is 6. The van der Waals surface area contributed by atoms with Crippen LogP contribution in [0, 0.1) is 0 Å². The second kappa shape index (κ2) is 6.86. The molecular formula is C9H20N2O2. The number of hydrogen-bond acceptors (Lipinski definition) is 4. The molecule has 0 aromatic carbocycles. The number of ether oxygens (including phenoxy) is 1. The van der Waals surface area contributed by atoms with Gasteiger partial charge in [0, 0.05) is 13.1 Å². The van der Waals surface area contributed by atoms with Gasteiger partial charge < -0.3 is 10.1 Å². The molecule has 13 heavy (non-hydrogen) atoms. The van der Waals surface area contributed by atoms with Gasteiger partial charge in [-0.3, -0.25) is 9.69 Å². The van der Waals surface area contributed by atoms with E-state index in [9.17, 15) is 4.79 Å². The van der Waals surface area contributed by atoms with Crippen molar-refractivity contribution in [3.05, 3.63) is 0 Å². The van der Waals surface area contributed by atoms with E-state index in [1.807, 2.05) is 32.8 Å². The molecule has 0 radical (unpaired) electrons. The maximum atomic E-state index is 11.1. The zero-order valence-corrected chi connectivity index (χ0v) is 8.96. The van der Waals surface area contributed by atoms with E-state index in [1.165, 1.54) is 0 Å². The molecule has 0 bridgehead atoms. The van der Waals surface area contributed by atoms with Crippen molar-refractivity contribution in [3.63, 3.8) is 0 Å². The van der Waals surface area contributed by atoms with Crippen LogP contribution in [-0.4, -0.2) is 50.7 Å². The van der Waals surface area contributed by atoms with Gasteiger partial charge in [-0.25, -0.2) is 0 Å². The molecule has 0 amide bonds. The highest BCUT2D eigenvalue weighted by Crippen LogP contribution is 1.91. The molecule has 4 nitrogen and oxygen atoms in total. The smallest absolute Gasteiger partial charge is 0.320 e. The molecule has 0 aromatic rings. The van der Waals surface area contributed by atoms with E-state index in [0.717, 1.165) is 13.1 Å². The lowest BCUT2D eigenvalue weighted by Gasteiger charge is -2.16. The first-order valence-electron chi connectivity index (χ1n) is 4.59. The van der Waals surface area contributed by atoms with Gasteiger partial charge in [0.25, 0.3) is 0 Å². The molecule has 0 saturated carbocycles. The molecule has 78 valence electrons. The van der Waals surface area contributed by atoms with Gasteiger partial charge in [-0.2, -0.15) is 0 Å². The van der Waals surface area contributed by atoms with Crippen LogP contribution >= 0.6 is 0 Å². The summed E-state index contributed by atoms with van der Waals surface area (Å²) in [5.74, 6) is -0.159. The minimum absolute atomic E-state index is 0.0230. The Kier molecular flexibility index (Phi) is 6.54. The summed E-state index contributed by atoms with van der Waals surface area (Å²) in [6.45, 7) is 5.80. The fourth-order valence-electron chi connectivity index (χ4n) is 0.902. The van der Waals surface area contributed by atoms with Crippen molar-refractivity contribution in [2.75, 3.05) is 33.7 Å². The molecule has 0 atom stereocenters. The summed E-state index contributed by atoms with van der Waals surface area (Å²) in [5, 5.41) is 3.02. The van der Waals surface area contributed by atoms with Gasteiger partial charge in [0.15, 0.2) is 0 Å². The lowest BCUT2D eigenvalue weighted by atomic mass is 10.4. The second-order valence-electron chi connectivity index (χ2n) is 3.38. The van der Waals surface area contributed by atoms with Crippen LogP contribution in [0.3, 0.4) is 0 Å². The van der Waals surface area contributed by atoms with Crippen molar-refractivity contribution in [1.29, 1.82) is 0 Å². The largest absolute Gasteiger partial charge is 0.462 e. The SMILES string of the molecule is CNCCN(C)CC(=O)OC(C)C. The Morgan fingerprint density at radius 2 is 2.15 bits per heavy atom. The van der Waals surface area contributed by atoms with Crippen molar-refractivity contribution in [1.82, 2.24) is 10.2 Å². The van der Waals surface area contributed by atoms with Crippen molar-refractivity contribution >= 4 is 5.97 Å². The highest BCUT2D eigenvalue weighted by molar-refractivity contribution is 5.71. The standard InChI is InChI=1S/C9H20N2O2/c1-8(2)13-9(12)7-11(4)6-5-10-3/h8,10H,5-7H2,1-4H3. The highest BCUT2D eigenvalue weighted by Gasteiger charge is 2.08. The van der Waals surface area contributed by atoms with E-state index in [-0.39, 0.29) is 12.1 Å². The molecule has 0 rings (SSSR count). The summed E-state index contributed by atoms with van der Waals surface area (Å²) in [4.78, 5) is 13.1. The van der Waals surface area contributed by atoms with Crippen molar-refractivity contribution in [2.45, 2.75) is 20.0 Å². The van der Waals surface area contributed by atoms with Gasteiger partial charge in [0.1, 0.15) is 0 Å². The lowest BCUT2D eigenvalue weighted by Crippen LogP contribution is -2.33. The molecule has 0 aliphatic heterocycles. The van der Waals surface area contributed by atoms with Crippen molar-refractivity contribution < 1.29 is 9.53 Å². The van der Waals surface area contributed by atoms with Crippen LogP contribution < -0.4 is 5.32 Å². The Hall–Kier alpha value is -0.610. The Bertz CT molecular complexity index is 149. The molecule has 0 fully saturated rings. The Balaban J connectivity index is 3.53. The summed E-state index contributed by atoms with van der Waals surface area (Å²) in [5.41, 5.74) is 0. The number of hydrogen-bond donors (Lipinski definition) is 1. The number of nitrogens with zero attached hydrogens (tertiary/aromatic N) is 1. The number of nitrogens with one attached hydrogen (secondary N) is 1. The normalized spacial score (nSPS) is 10.9. The first-order chi connectivity index (χ1) is 6.06. The third kappa shape index (κ3) is 7.74. The molecule has 1 N–H and O–H groups in total. The molecule has 0 saturated heterocycles. The Labute approximate surface area is 80.2 Å². The van der Waals surface area contributed by atoms with E-state index in [4.69, 9.17) is 4.74 Å². The minimum Gasteiger partial charge on any atom is -0.462 e. The predicted molar refractivity (Wildman–Crippen MR) is 52.7 cm³/mol. The van der Waals surface area contributed by atoms with E-state index in [1.54, 1.807) is 0 Å². The fraction of sp³-hybridized carbons (Fsp3) is 0.889. The fourth-order valence-corrected chi connectivity index (χ4v) is 0.902. The molecule has 0 aliphatic rings. The third-order valence-electron chi connectivity index (χ3n) is 1.51. The van der Waals surface area contributed by atoms with Crippen molar-refractivity contribution in [3.8, 4) is 0 Å². The van der Waals surface area contributed by atoms with E-state index >= 15 is 0 Å². The minimum atomic E-state index is -0.159. The van der Waals surface area contributed by atoms with Gasteiger partial charge in [-0.1, -0.05) is 0 Å². The number of carbonyl (C=O) groups excluding carboxylic acids is 1. The summed E-state index contributed by atoms with van der Waals surface area (Å²) in [6.07, 6.45) is -0.0230. The van der Waals surface area contributed by atoms with Gasteiger partial charge >= 0.3 is 5.97 Å². The van der Waals surface area contributed by atoms with Gasteiger partial charge in [0.05, 0.1) is 12.6 Å². The average molecular weight is 188 g/mol. The number of carbonyl (C=O) groups is 1. The summed E-state index contributed by atoms with van der Waals surface area (Å²) >= 11 is 0. The van der Waals surface area contributed by atoms with Crippen LogP contribution in [0.1, 0.15) is 13.8 Å². The zero-order valence-electron chi connectivity index (χ0n) is 8.96. The zero-order chi connectivity index (χ0) is 10.3. The molecule has 0 unspecified atom stereocenters. The maximum Gasteiger partial charge on any atom is 0.320 e. The number of esters is 1. The van der Waals surface area contributed by atoms with E-state index in [2.05, 4.69) is 5.32 Å². The number of likely N-dealkylation sites (N-methyl/N-ethyl adjacent to an activating group) is 2. The molecular weight excluding hydrogens is 168 g/mol. The molecule has 0 spiro atoms. The first-order valence-corrected chi connectivity index (χ1v) is 4.59. The van der Waals surface area contributed by atoms with Crippen LogP contribution in [0.15, 0.2) is 0 Å². The lowest BCUT2D eigenvalue weighted by molar-refractivity contribution is -0.148. The summed E-state index contributed by atoms with van der Waals surface area (Å²) < 4.78 is 5.00. The van der Waals surface area contributed by atoms with Crippen LogP contribution in [0.5, 0.6) is 0 Å². The molecule has 4 heteroatoms. The maximum absolute atomic E-state index is 11.1. The molecule has 0 aliphatic carbocycles. The Morgan fingerprint density at radius 1 is 1.54 bits per heavy atom. The highest BCUT2D eigenvalue weighted by atomic mass is 16.5.